The number of rotatable bonds is 0. The summed E-state index contributed by atoms with van der Waals surface area (Å²) >= 11 is 0. The topological polar surface area (TPSA) is 29.3 Å². The van der Waals surface area contributed by atoms with E-state index in [1.165, 1.54) is 38.9 Å². The van der Waals surface area contributed by atoms with Gasteiger partial charge in [-0.1, -0.05) is 0 Å². The highest BCUT2D eigenvalue weighted by Crippen LogP contribution is 2.24. The molecule has 3 unspecified atom stereocenters. The van der Waals surface area contributed by atoms with Gasteiger partial charge in [0.15, 0.2) is 0 Å². The molecular formula is C8H18Cl2N2. The molecule has 0 amide bonds. The van der Waals surface area contributed by atoms with E-state index < -0.39 is 0 Å². The lowest BCUT2D eigenvalue weighted by atomic mass is 9.86. The largest absolute Gasteiger partial charge is 0.327 e. The van der Waals surface area contributed by atoms with Crippen LogP contribution in [0.1, 0.15) is 19.3 Å². The minimum Gasteiger partial charge on any atom is -0.327 e. The average Bonchev–Trinajstić information content (AvgIpc) is 1.99. The summed E-state index contributed by atoms with van der Waals surface area (Å²) < 4.78 is 0. The maximum atomic E-state index is 5.96. The van der Waals surface area contributed by atoms with Crippen LogP contribution in [0.15, 0.2) is 0 Å². The Balaban J connectivity index is 0.000000605. The lowest BCUT2D eigenvalue weighted by Gasteiger charge is -2.41. The molecular weight excluding hydrogens is 195 g/mol. The molecule has 2 bridgehead atoms. The summed E-state index contributed by atoms with van der Waals surface area (Å²) in [7, 11) is 0. The van der Waals surface area contributed by atoms with Crippen molar-refractivity contribution in [1.29, 1.82) is 0 Å². The zero-order valence-electron chi connectivity index (χ0n) is 7.24. The lowest BCUT2D eigenvalue weighted by molar-refractivity contribution is 0.107. The van der Waals surface area contributed by atoms with Gasteiger partial charge < -0.3 is 10.6 Å². The zero-order valence-corrected chi connectivity index (χ0v) is 8.87. The molecule has 2 fully saturated rings. The first-order valence-corrected chi connectivity index (χ1v) is 4.34. The Labute approximate surface area is 86.7 Å². The fraction of sp³-hybridized carbons (Fsp3) is 1.00. The molecule has 2 heterocycles. The predicted molar refractivity (Wildman–Crippen MR) is 56.3 cm³/mol. The van der Waals surface area contributed by atoms with E-state index in [4.69, 9.17) is 5.73 Å². The Morgan fingerprint density at radius 3 is 2.50 bits per heavy atom. The van der Waals surface area contributed by atoms with Crippen molar-refractivity contribution >= 4 is 24.8 Å². The maximum absolute atomic E-state index is 5.96. The first-order chi connectivity index (χ1) is 4.86. The molecule has 12 heavy (non-hydrogen) atoms. The van der Waals surface area contributed by atoms with Gasteiger partial charge >= 0.3 is 0 Å². The Morgan fingerprint density at radius 1 is 1.08 bits per heavy atom. The third-order valence-electron chi connectivity index (χ3n) is 2.93. The number of halogens is 2. The molecule has 2 aliphatic rings. The minimum atomic E-state index is 0. The minimum absolute atomic E-state index is 0. The second-order valence-electron chi connectivity index (χ2n) is 3.66. The fourth-order valence-electron chi connectivity index (χ4n) is 2.21. The molecule has 3 atom stereocenters. The van der Waals surface area contributed by atoms with Gasteiger partial charge in [0.1, 0.15) is 0 Å². The van der Waals surface area contributed by atoms with Gasteiger partial charge in [-0.15, -0.1) is 24.8 Å². The van der Waals surface area contributed by atoms with Gasteiger partial charge in [-0.3, -0.25) is 0 Å². The smallest absolute Gasteiger partial charge is 0.00915 e. The summed E-state index contributed by atoms with van der Waals surface area (Å²) in [5.74, 6) is 0.822. The Bertz CT molecular complexity index is 130. The SMILES string of the molecule is Cl.Cl.NC1CCN2CCCC1C2. The second kappa shape index (κ2) is 5.28. The zero-order chi connectivity index (χ0) is 6.97. The molecule has 0 aliphatic carbocycles. The van der Waals surface area contributed by atoms with Crippen LogP contribution in [0.5, 0.6) is 0 Å². The van der Waals surface area contributed by atoms with E-state index >= 15 is 0 Å². The molecule has 2 nitrogen and oxygen atoms in total. The van der Waals surface area contributed by atoms with Crippen molar-refractivity contribution in [3.05, 3.63) is 0 Å². The quantitative estimate of drug-likeness (QED) is 0.656. The Kier molecular flexibility index (Phi) is 5.50. The molecule has 0 spiro atoms. The monoisotopic (exact) mass is 212 g/mol. The third kappa shape index (κ3) is 2.49. The van der Waals surface area contributed by atoms with Crippen LogP contribution in [0.25, 0.3) is 0 Å². The highest BCUT2D eigenvalue weighted by atomic mass is 35.5. The molecule has 0 aromatic carbocycles. The van der Waals surface area contributed by atoms with Gasteiger partial charge in [-0.2, -0.15) is 0 Å². The number of hydrogen-bond acceptors (Lipinski definition) is 2. The van der Waals surface area contributed by atoms with E-state index in [9.17, 15) is 0 Å². The van der Waals surface area contributed by atoms with Crippen molar-refractivity contribution < 1.29 is 0 Å². The van der Waals surface area contributed by atoms with Crippen LogP contribution < -0.4 is 5.73 Å². The molecule has 0 saturated carbocycles. The number of fused-ring (bicyclic) bond motifs is 2. The molecule has 0 radical (unpaired) electrons. The van der Waals surface area contributed by atoms with Crippen LogP contribution >= 0.6 is 24.8 Å². The third-order valence-corrected chi connectivity index (χ3v) is 2.93. The van der Waals surface area contributed by atoms with Crippen LogP contribution in [-0.2, 0) is 0 Å². The van der Waals surface area contributed by atoms with Crippen LogP contribution in [0.2, 0.25) is 0 Å². The Morgan fingerprint density at radius 2 is 1.83 bits per heavy atom. The van der Waals surface area contributed by atoms with Gasteiger partial charge in [0.05, 0.1) is 0 Å². The lowest BCUT2D eigenvalue weighted by Crippen LogP contribution is -2.50. The molecule has 2 rings (SSSR count). The van der Waals surface area contributed by atoms with E-state index in [-0.39, 0.29) is 24.8 Å². The number of piperidine rings is 2. The highest BCUT2D eigenvalue weighted by molar-refractivity contribution is 5.85. The summed E-state index contributed by atoms with van der Waals surface area (Å²) in [5.41, 5.74) is 5.96. The van der Waals surface area contributed by atoms with Crippen molar-refractivity contribution in [2.45, 2.75) is 25.3 Å². The molecule has 0 aromatic rings. The van der Waals surface area contributed by atoms with E-state index in [0.717, 1.165) is 5.92 Å². The Hall–Kier alpha value is 0.500. The van der Waals surface area contributed by atoms with E-state index in [1.807, 2.05) is 0 Å². The number of hydrogen-bond donors (Lipinski definition) is 1. The van der Waals surface area contributed by atoms with Crippen LogP contribution in [0.3, 0.4) is 0 Å². The molecule has 74 valence electrons. The number of nitrogens with two attached hydrogens (primary N) is 1. The summed E-state index contributed by atoms with van der Waals surface area (Å²) in [4.78, 5) is 2.55. The van der Waals surface area contributed by atoms with E-state index in [1.54, 1.807) is 0 Å². The first-order valence-electron chi connectivity index (χ1n) is 4.34. The molecule has 2 saturated heterocycles. The molecule has 2 N–H and O–H groups in total. The summed E-state index contributed by atoms with van der Waals surface area (Å²) in [6, 6.07) is 0.511. The van der Waals surface area contributed by atoms with Crippen molar-refractivity contribution in [2.75, 3.05) is 19.6 Å². The average molecular weight is 213 g/mol. The summed E-state index contributed by atoms with van der Waals surface area (Å²) in [6.07, 6.45) is 3.97. The van der Waals surface area contributed by atoms with Crippen LogP contribution in [-0.4, -0.2) is 30.6 Å². The standard InChI is InChI=1S/C8H16N2.2ClH/c9-8-3-5-10-4-1-2-7(8)6-10;;/h7-8H,1-6,9H2;2*1H. The fourth-order valence-corrected chi connectivity index (χ4v) is 2.21. The van der Waals surface area contributed by atoms with Gasteiger partial charge in [-0.25, -0.2) is 0 Å². The first kappa shape index (κ1) is 12.5. The highest BCUT2D eigenvalue weighted by Gasteiger charge is 2.29. The van der Waals surface area contributed by atoms with Crippen molar-refractivity contribution in [2.24, 2.45) is 11.7 Å². The normalized spacial score (nSPS) is 39.2. The van der Waals surface area contributed by atoms with Crippen LogP contribution in [0, 0.1) is 5.92 Å². The predicted octanol–water partition coefficient (Wildman–Crippen LogP) is 1.27. The van der Waals surface area contributed by atoms with Crippen molar-refractivity contribution in [3.8, 4) is 0 Å². The molecule has 0 aromatic heterocycles. The van der Waals surface area contributed by atoms with E-state index in [0.29, 0.717) is 6.04 Å². The summed E-state index contributed by atoms with van der Waals surface area (Å²) in [6.45, 7) is 3.85. The molecule has 4 heteroatoms. The van der Waals surface area contributed by atoms with E-state index in [2.05, 4.69) is 4.90 Å². The maximum Gasteiger partial charge on any atom is 0.00915 e. The summed E-state index contributed by atoms with van der Waals surface area (Å²) in [5, 5.41) is 0. The van der Waals surface area contributed by atoms with Gasteiger partial charge in [-0.05, 0) is 38.3 Å². The number of nitrogens with zero attached hydrogens (tertiary/aromatic N) is 1. The van der Waals surface area contributed by atoms with Crippen LogP contribution in [0.4, 0.5) is 0 Å². The van der Waals surface area contributed by atoms with Gasteiger partial charge in [0.2, 0.25) is 0 Å². The van der Waals surface area contributed by atoms with Gasteiger partial charge in [0, 0.05) is 12.6 Å². The van der Waals surface area contributed by atoms with Crippen molar-refractivity contribution in [1.82, 2.24) is 4.90 Å². The van der Waals surface area contributed by atoms with Gasteiger partial charge in [0.25, 0.3) is 0 Å². The second-order valence-corrected chi connectivity index (χ2v) is 3.66. The van der Waals surface area contributed by atoms with Crippen molar-refractivity contribution in [3.63, 3.8) is 0 Å². The molecule has 2 aliphatic heterocycles.